The Balaban J connectivity index is 1.49. The molecule has 0 atom stereocenters. The number of guanidine groups is 1. The first-order valence-electron chi connectivity index (χ1n) is 8.31. The van der Waals surface area contributed by atoms with Crippen molar-refractivity contribution in [2.24, 2.45) is 4.99 Å². The number of aliphatic imine (C=N–C) groups is 1. The van der Waals surface area contributed by atoms with Gasteiger partial charge < -0.3 is 19.6 Å². The van der Waals surface area contributed by atoms with Crippen molar-refractivity contribution in [2.75, 3.05) is 13.6 Å². The van der Waals surface area contributed by atoms with Crippen LogP contribution in [0.4, 0.5) is 0 Å². The zero-order valence-corrected chi connectivity index (χ0v) is 14.6. The minimum Gasteiger partial charge on any atom is -0.444 e. The van der Waals surface area contributed by atoms with E-state index >= 15 is 0 Å². The van der Waals surface area contributed by atoms with Crippen molar-refractivity contribution in [3.05, 3.63) is 66.3 Å². The van der Waals surface area contributed by atoms with Crippen LogP contribution in [0.2, 0.25) is 0 Å². The van der Waals surface area contributed by atoms with E-state index < -0.39 is 0 Å². The summed E-state index contributed by atoms with van der Waals surface area (Å²) >= 11 is 0. The number of aromatic nitrogens is 2. The SMILES string of the molecule is CN=C(NCCn1cccc1)NCc1coc(-c2ccc(C)cc2)n1. The molecule has 0 saturated carbocycles. The van der Waals surface area contributed by atoms with Gasteiger partial charge in [-0.3, -0.25) is 4.99 Å². The molecule has 0 amide bonds. The molecule has 6 heteroatoms. The maximum atomic E-state index is 5.57. The average Bonchev–Trinajstić information content (AvgIpc) is 3.30. The molecule has 1 aromatic carbocycles. The van der Waals surface area contributed by atoms with Gasteiger partial charge in [-0.2, -0.15) is 0 Å². The summed E-state index contributed by atoms with van der Waals surface area (Å²) in [7, 11) is 1.76. The summed E-state index contributed by atoms with van der Waals surface area (Å²) in [5.74, 6) is 1.37. The lowest BCUT2D eigenvalue weighted by atomic mass is 10.1. The molecule has 0 aliphatic heterocycles. The molecule has 2 heterocycles. The van der Waals surface area contributed by atoms with Crippen molar-refractivity contribution in [2.45, 2.75) is 20.0 Å². The molecular formula is C19H23N5O. The summed E-state index contributed by atoms with van der Waals surface area (Å²) in [6.07, 6.45) is 5.76. The highest BCUT2D eigenvalue weighted by Crippen LogP contribution is 2.18. The quantitative estimate of drug-likeness (QED) is 0.536. The summed E-state index contributed by atoms with van der Waals surface area (Å²) in [5, 5.41) is 6.53. The molecule has 6 nitrogen and oxygen atoms in total. The smallest absolute Gasteiger partial charge is 0.226 e. The summed E-state index contributed by atoms with van der Waals surface area (Å²) in [6, 6.07) is 12.2. The topological polar surface area (TPSA) is 67.4 Å². The van der Waals surface area contributed by atoms with Gasteiger partial charge in [0.05, 0.1) is 12.2 Å². The molecule has 0 aliphatic rings. The van der Waals surface area contributed by atoms with Gasteiger partial charge in [-0.25, -0.2) is 4.98 Å². The van der Waals surface area contributed by atoms with Crippen molar-refractivity contribution >= 4 is 5.96 Å². The van der Waals surface area contributed by atoms with Gasteiger partial charge in [0.25, 0.3) is 0 Å². The van der Waals surface area contributed by atoms with Crippen molar-refractivity contribution in [1.82, 2.24) is 20.2 Å². The summed E-state index contributed by atoms with van der Waals surface area (Å²) in [6.45, 7) is 4.29. The van der Waals surface area contributed by atoms with Crippen molar-refractivity contribution < 1.29 is 4.42 Å². The Morgan fingerprint density at radius 2 is 1.92 bits per heavy atom. The van der Waals surface area contributed by atoms with Crippen molar-refractivity contribution in [3.63, 3.8) is 0 Å². The molecule has 3 aromatic rings. The molecule has 2 aromatic heterocycles. The van der Waals surface area contributed by atoms with E-state index in [1.807, 2.05) is 48.8 Å². The van der Waals surface area contributed by atoms with Crippen LogP contribution in [0.25, 0.3) is 11.5 Å². The van der Waals surface area contributed by atoms with Gasteiger partial charge in [-0.1, -0.05) is 17.7 Å². The first kappa shape index (κ1) is 16.8. The minimum atomic E-state index is 0.554. The van der Waals surface area contributed by atoms with Crippen LogP contribution in [0.5, 0.6) is 0 Å². The van der Waals surface area contributed by atoms with Gasteiger partial charge in [-0.15, -0.1) is 0 Å². The number of benzene rings is 1. The fourth-order valence-electron chi connectivity index (χ4n) is 2.43. The van der Waals surface area contributed by atoms with E-state index in [-0.39, 0.29) is 0 Å². The normalized spacial score (nSPS) is 11.5. The predicted octanol–water partition coefficient (Wildman–Crippen LogP) is 2.82. The Morgan fingerprint density at radius 1 is 1.16 bits per heavy atom. The monoisotopic (exact) mass is 337 g/mol. The van der Waals surface area contributed by atoms with Gasteiger partial charge in [0.1, 0.15) is 6.26 Å². The molecule has 3 rings (SSSR count). The third-order valence-corrected chi connectivity index (χ3v) is 3.84. The van der Waals surface area contributed by atoms with E-state index in [9.17, 15) is 0 Å². The first-order valence-corrected chi connectivity index (χ1v) is 8.31. The lowest BCUT2D eigenvalue weighted by Gasteiger charge is -2.11. The van der Waals surface area contributed by atoms with Crippen LogP contribution in [0.3, 0.4) is 0 Å². The van der Waals surface area contributed by atoms with Crippen LogP contribution < -0.4 is 10.6 Å². The number of oxazole rings is 1. The van der Waals surface area contributed by atoms with Crippen LogP contribution in [-0.2, 0) is 13.1 Å². The molecule has 0 fully saturated rings. The largest absolute Gasteiger partial charge is 0.444 e. The van der Waals surface area contributed by atoms with Crippen molar-refractivity contribution in [1.29, 1.82) is 0 Å². The van der Waals surface area contributed by atoms with Crippen LogP contribution >= 0.6 is 0 Å². The molecule has 2 N–H and O–H groups in total. The Labute approximate surface area is 147 Å². The number of aryl methyl sites for hydroxylation is 1. The predicted molar refractivity (Wildman–Crippen MR) is 99.3 cm³/mol. The number of hydrogen-bond donors (Lipinski definition) is 2. The summed E-state index contributed by atoms with van der Waals surface area (Å²) in [4.78, 5) is 8.74. The van der Waals surface area contributed by atoms with Crippen LogP contribution in [-0.4, -0.2) is 29.1 Å². The second-order valence-electron chi connectivity index (χ2n) is 5.78. The van der Waals surface area contributed by atoms with Gasteiger partial charge in [-0.05, 0) is 31.2 Å². The zero-order chi connectivity index (χ0) is 17.5. The second kappa shape index (κ2) is 8.19. The number of rotatable bonds is 6. The molecular weight excluding hydrogens is 314 g/mol. The van der Waals surface area contributed by atoms with Crippen LogP contribution in [0.1, 0.15) is 11.3 Å². The Hall–Kier alpha value is -3.02. The zero-order valence-electron chi connectivity index (χ0n) is 14.6. The second-order valence-corrected chi connectivity index (χ2v) is 5.78. The van der Waals surface area contributed by atoms with Gasteiger partial charge >= 0.3 is 0 Å². The van der Waals surface area contributed by atoms with Crippen molar-refractivity contribution in [3.8, 4) is 11.5 Å². The standard InChI is InChI=1S/C19H23N5O/c1-15-5-7-16(8-6-15)18-23-17(14-25-18)13-22-19(20-2)21-9-12-24-10-3-4-11-24/h3-8,10-11,14H,9,12-13H2,1-2H3,(H2,20,21,22). The van der Waals surface area contributed by atoms with Gasteiger partial charge in [0.15, 0.2) is 5.96 Å². The number of hydrogen-bond acceptors (Lipinski definition) is 3. The third kappa shape index (κ3) is 4.73. The lowest BCUT2D eigenvalue weighted by molar-refractivity contribution is 0.572. The van der Waals surface area contributed by atoms with Gasteiger partial charge in [0.2, 0.25) is 5.89 Å². The van der Waals surface area contributed by atoms with E-state index in [1.54, 1.807) is 13.3 Å². The Morgan fingerprint density at radius 3 is 2.64 bits per heavy atom. The summed E-state index contributed by atoms with van der Waals surface area (Å²) < 4.78 is 7.69. The molecule has 0 spiro atoms. The van der Waals surface area contributed by atoms with Crippen LogP contribution in [0.15, 0.2) is 64.5 Å². The summed E-state index contributed by atoms with van der Waals surface area (Å²) in [5.41, 5.74) is 3.03. The third-order valence-electron chi connectivity index (χ3n) is 3.84. The lowest BCUT2D eigenvalue weighted by Crippen LogP contribution is -2.38. The average molecular weight is 337 g/mol. The van der Waals surface area contributed by atoms with Gasteiger partial charge in [0, 0.05) is 38.1 Å². The highest BCUT2D eigenvalue weighted by atomic mass is 16.3. The molecule has 130 valence electrons. The molecule has 0 unspecified atom stereocenters. The van der Waals surface area contributed by atoms with E-state index in [0.29, 0.717) is 12.4 Å². The highest BCUT2D eigenvalue weighted by Gasteiger charge is 2.07. The fourth-order valence-corrected chi connectivity index (χ4v) is 2.43. The minimum absolute atomic E-state index is 0.554. The number of nitrogens with zero attached hydrogens (tertiary/aromatic N) is 3. The molecule has 25 heavy (non-hydrogen) atoms. The van der Waals surface area contributed by atoms with Crippen LogP contribution in [0, 0.1) is 6.92 Å². The Bertz CT molecular complexity index is 803. The van der Waals surface area contributed by atoms with E-state index in [0.717, 1.165) is 30.3 Å². The first-order chi connectivity index (χ1) is 12.2. The maximum Gasteiger partial charge on any atom is 0.226 e. The van der Waals surface area contributed by atoms with E-state index in [2.05, 4.69) is 32.1 Å². The number of nitrogens with one attached hydrogen (secondary N) is 2. The van der Waals surface area contributed by atoms with E-state index in [4.69, 9.17) is 4.42 Å². The van der Waals surface area contributed by atoms with E-state index in [1.165, 1.54) is 5.56 Å². The molecule has 0 radical (unpaired) electrons. The maximum absolute atomic E-state index is 5.57. The molecule has 0 saturated heterocycles. The fraction of sp³-hybridized carbons (Fsp3) is 0.263. The molecule has 0 aliphatic carbocycles. The Kier molecular flexibility index (Phi) is 5.51. The molecule has 0 bridgehead atoms. The highest BCUT2D eigenvalue weighted by molar-refractivity contribution is 5.79.